The van der Waals surface area contributed by atoms with Gasteiger partial charge < -0.3 is 10.4 Å². The van der Waals surface area contributed by atoms with E-state index in [9.17, 15) is 0 Å². The minimum Gasteiger partial charge on any atom is -0.396 e. The van der Waals surface area contributed by atoms with Crippen LogP contribution in [0, 0.1) is 13.8 Å². The quantitative estimate of drug-likeness (QED) is 0.751. The van der Waals surface area contributed by atoms with Crippen molar-refractivity contribution in [1.82, 2.24) is 5.32 Å². The molecule has 0 aliphatic rings. The number of aliphatic hydroxyl groups is 1. The average Bonchev–Trinajstić information content (AvgIpc) is 2.37. The van der Waals surface area contributed by atoms with Gasteiger partial charge in [0.05, 0.1) is 0 Å². The van der Waals surface area contributed by atoms with Crippen LogP contribution < -0.4 is 5.32 Å². The second-order valence-electron chi connectivity index (χ2n) is 4.20. The predicted octanol–water partition coefficient (Wildman–Crippen LogP) is 3.32. The van der Waals surface area contributed by atoms with Gasteiger partial charge in [0.15, 0.2) is 0 Å². The third kappa shape index (κ3) is 4.22. The molecule has 0 unspecified atom stereocenters. The first-order valence-electron chi connectivity index (χ1n) is 6.11. The molecule has 0 aromatic heterocycles. The van der Waals surface area contributed by atoms with Crippen molar-refractivity contribution in [3.8, 4) is 0 Å². The maximum Gasteiger partial charge on any atom is 0.0465 e. The van der Waals surface area contributed by atoms with E-state index in [1.165, 1.54) is 16.7 Å². The highest BCUT2D eigenvalue weighted by molar-refractivity contribution is 5.76. The Labute approximate surface area is 109 Å². The summed E-state index contributed by atoms with van der Waals surface area (Å²) in [7, 11) is 0. The van der Waals surface area contributed by atoms with Gasteiger partial charge in [0.1, 0.15) is 0 Å². The molecule has 2 N–H and O–H groups in total. The molecule has 0 bridgehead atoms. The van der Waals surface area contributed by atoms with Crippen LogP contribution in [0.4, 0.5) is 0 Å². The highest BCUT2D eigenvalue weighted by Gasteiger charge is 2.02. The molecular formula is C16H21NO. The van der Waals surface area contributed by atoms with E-state index in [4.69, 9.17) is 5.11 Å². The van der Waals surface area contributed by atoms with Gasteiger partial charge in [-0.3, -0.25) is 0 Å². The summed E-state index contributed by atoms with van der Waals surface area (Å²) in [5.74, 6) is 0. The van der Waals surface area contributed by atoms with E-state index in [2.05, 4.69) is 43.9 Å². The minimum absolute atomic E-state index is 0.172. The summed E-state index contributed by atoms with van der Waals surface area (Å²) >= 11 is 0. The molecule has 0 aliphatic carbocycles. The lowest BCUT2D eigenvalue weighted by molar-refractivity contribution is 0.302. The smallest absolute Gasteiger partial charge is 0.0465 e. The second kappa shape index (κ2) is 7.51. The Morgan fingerprint density at radius 3 is 2.83 bits per heavy atom. The molecule has 0 atom stereocenters. The first-order chi connectivity index (χ1) is 8.69. The van der Waals surface area contributed by atoms with E-state index < -0.39 is 0 Å². The van der Waals surface area contributed by atoms with Crippen LogP contribution in [0.1, 0.15) is 23.1 Å². The largest absolute Gasteiger partial charge is 0.396 e. The number of allylic oxidation sites excluding steroid dienone is 2. The van der Waals surface area contributed by atoms with E-state index in [0.717, 1.165) is 5.57 Å². The van der Waals surface area contributed by atoms with Crippen molar-refractivity contribution >= 4 is 5.57 Å². The fraction of sp³-hybridized carbons (Fsp3) is 0.250. The lowest BCUT2D eigenvalue weighted by Gasteiger charge is -2.08. The second-order valence-corrected chi connectivity index (χ2v) is 4.20. The maximum atomic E-state index is 8.82. The van der Waals surface area contributed by atoms with Crippen LogP contribution in [-0.4, -0.2) is 11.7 Å². The standard InChI is InChI=1S/C16H21NO/c1-4-17-12-15(7-5-6-10-18)16-11-13(2)8-9-14(16)3/h4-5,7-9,11-12,17-18H,1,6,10H2,2-3H3/b7-5-,15-12+. The number of aliphatic hydroxyl groups excluding tert-OH is 1. The number of nitrogens with one attached hydrogen (secondary N) is 1. The van der Waals surface area contributed by atoms with Crippen molar-refractivity contribution in [3.63, 3.8) is 0 Å². The van der Waals surface area contributed by atoms with E-state index in [1.807, 2.05) is 18.4 Å². The van der Waals surface area contributed by atoms with Gasteiger partial charge in [-0.25, -0.2) is 0 Å². The highest BCUT2D eigenvalue weighted by Crippen LogP contribution is 2.21. The van der Waals surface area contributed by atoms with Crippen molar-refractivity contribution in [3.05, 3.63) is 66.0 Å². The summed E-state index contributed by atoms with van der Waals surface area (Å²) in [5.41, 5.74) is 4.74. The lowest BCUT2D eigenvalue weighted by atomic mass is 9.98. The number of aryl methyl sites for hydroxylation is 2. The van der Waals surface area contributed by atoms with Gasteiger partial charge in [-0.1, -0.05) is 42.5 Å². The Balaban J connectivity index is 3.08. The average molecular weight is 243 g/mol. The molecule has 1 aromatic carbocycles. The van der Waals surface area contributed by atoms with E-state index in [-0.39, 0.29) is 6.61 Å². The fourth-order valence-corrected chi connectivity index (χ4v) is 1.70. The van der Waals surface area contributed by atoms with Crippen LogP contribution in [0.2, 0.25) is 0 Å². The van der Waals surface area contributed by atoms with Crippen LogP contribution in [0.15, 0.2) is 49.3 Å². The van der Waals surface area contributed by atoms with Crippen LogP contribution >= 0.6 is 0 Å². The molecule has 0 saturated carbocycles. The van der Waals surface area contributed by atoms with Gasteiger partial charge in [0, 0.05) is 12.8 Å². The predicted molar refractivity (Wildman–Crippen MR) is 78.1 cm³/mol. The van der Waals surface area contributed by atoms with Gasteiger partial charge in [-0.05, 0) is 43.2 Å². The SMILES string of the molecule is C=CN/C=C(\C=C/CCO)c1cc(C)ccc1C. The first-order valence-corrected chi connectivity index (χ1v) is 6.11. The normalized spacial score (nSPS) is 11.8. The zero-order chi connectivity index (χ0) is 13.4. The molecule has 0 fully saturated rings. The minimum atomic E-state index is 0.172. The summed E-state index contributed by atoms with van der Waals surface area (Å²) in [4.78, 5) is 0. The van der Waals surface area contributed by atoms with Crippen molar-refractivity contribution in [2.45, 2.75) is 20.3 Å². The number of benzene rings is 1. The summed E-state index contributed by atoms with van der Waals surface area (Å²) in [6.45, 7) is 7.99. The van der Waals surface area contributed by atoms with E-state index in [1.54, 1.807) is 6.20 Å². The third-order valence-corrected chi connectivity index (χ3v) is 2.65. The molecule has 0 radical (unpaired) electrons. The van der Waals surface area contributed by atoms with Gasteiger partial charge in [0.2, 0.25) is 0 Å². The Hall–Kier alpha value is -1.80. The van der Waals surface area contributed by atoms with E-state index in [0.29, 0.717) is 6.42 Å². The maximum absolute atomic E-state index is 8.82. The molecule has 0 saturated heterocycles. The van der Waals surface area contributed by atoms with E-state index >= 15 is 0 Å². The molecule has 2 nitrogen and oxygen atoms in total. The molecule has 96 valence electrons. The summed E-state index contributed by atoms with van der Waals surface area (Å²) < 4.78 is 0. The van der Waals surface area contributed by atoms with Crippen LogP contribution in [0.3, 0.4) is 0 Å². The van der Waals surface area contributed by atoms with Crippen LogP contribution in [-0.2, 0) is 0 Å². The van der Waals surface area contributed by atoms with Gasteiger partial charge in [-0.15, -0.1) is 0 Å². The topological polar surface area (TPSA) is 32.3 Å². The van der Waals surface area contributed by atoms with Crippen molar-refractivity contribution in [2.24, 2.45) is 0 Å². The van der Waals surface area contributed by atoms with Crippen molar-refractivity contribution in [2.75, 3.05) is 6.61 Å². The monoisotopic (exact) mass is 243 g/mol. The van der Waals surface area contributed by atoms with Crippen molar-refractivity contribution < 1.29 is 5.11 Å². The van der Waals surface area contributed by atoms with Gasteiger partial charge >= 0.3 is 0 Å². The molecule has 0 spiro atoms. The Kier molecular flexibility index (Phi) is 5.95. The van der Waals surface area contributed by atoms with Gasteiger partial charge in [-0.2, -0.15) is 0 Å². The van der Waals surface area contributed by atoms with Crippen molar-refractivity contribution in [1.29, 1.82) is 0 Å². The molecule has 18 heavy (non-hydrogen) atoms. The molecule has 1 rings (SSSR count). The molecule has 1 aromatic rings. The zero-order valence-electron chi connectivity index (χ0n) is 11.1. The third-order valence-electron chi connectivity index (χ3n) is 2.65. The summed E-state index contributed by atoms with van der Waals surface area (Å²) in [5, 5.41) is 11.8. The highest BCUT2D eigenvalue weighted by atomic mass is 16.2. The molecule has 2 heteroatoms. The van der Waals surface area contributed by atoms with Gasteiger partial charge in [0.25, 0.3) is 0 Å². The first kappa shape index (κ1) is 14.3. The lowest BCUT2D eigenvalue weighted by Crippen LogP contribution is -1.96. The van der Waals surface area contributed by atoms with Crippen LogP contribution in [0.5, 0.6) is 0 Å². The number of hydrogen-bond acceptors (Lipinski definition) is 2. The Bertz CT molecular complexity index is 458. The molecule has 0 amide bonds. The summed E-state index contributed by atoms with van der Waals surface area (Å²) in [6, 6.07) is 6.39. The Morgan fingerprint density at radius 2 is 2.17 bits per heavy atom. The number of hydrogen-bond donors (Lipinski definition) is 2. The fourth-order valence-electron chi connectivity index (χ4n) is 1.70. The Morgan fingerprint density at radius 1 is 1.39 bits per heavy atom. The summed E-state index contributed by atoms with van der Waals surface area (Å²) in [6.07, 6.45) is 8.22. The molecule has 0 aliphatic heterocycles. The zero-order valence-corrected chi connectivity index (χ0v) is 11.1. The number of rotatable bonds is 6. The van der Waals surface area contributed by atoms with Crippen LogP contribution in [0.25, 0.3) is 5.57 Å². The molecular weight excluding hydrogens is 222 g/mol. The molecule has 0 heterocycles.